The minimum atomic E-state index is -0.200. The molecule has 0 saturated carbocycles. The molecule has 0 unspecified atom stereocenters. The minimum Gasteiger partial charge on any atom is -0.373 e. The van der Waals surface area contributed by atoms with Crippen LogP contribution in [0.4, 0.5) is 11.5 Å². The zero-order valence-corrected chi connectivity index (χ0v) is 13.2. The molecule has 98 valence electrons. The van der Waals surface area contributed by atoms with Crippen LogP contribution in [0.3, 0.4) is 0 Å². The average Bonchev–Trinajstić information content (AvgIpc) is 2.43. The first kappa shape index (κ1) is 14.0. The molecule has 0 aliphatic rings. The fourth-order valence-electron chi connectivity index (χ4n) is 1.46. The molecule has 19 heavy (non-hydrogen) atoms. The van der Waals surface area contributed by atoms with E-state index in [0.717, 1.165) is 14.8 Å². The van der Waals surface area contributed by atoms with E-state index in [1.807, 2.05) is 18.2 Å². The molecule has 0 saturated heterocycles. The zero-order chi connectivity index (χ0) is 13.8. The van der Waals surface area contributed by atoms with E-state index in [4.69, 9.17) is 0 Å². The van der Waals surface area contributed by atoms with Crippen molar-refractivity contribution in [2.45, 2.75) is 0 Å². The Labute approximate surface area is 127 Å². The van der Waals surface area contributed by atoms with E-state index < -0.39 is 0 Å². The number of hydrogen-bond donors (Lipinski definition) is 2. The third-order valence-corrected chi connectivity index (χ3v) is 3.64. The number of hydrogen-bond acceptors (Lipinski definition) is 3. The maximum absolute atomic E-state index is 12.1. The Balaban J connectivity index is 2.18. The fourth-order valence-corrected chi connectivity index (χ4v) is 2.17. The Morgan fingerprint density at radius 2 is 2.00 bits per heavy atom. The number of carbonyl (C=O) groups excluding carboxylic acids is 1. The number of nitrogens with zero attached hydrogens (tertiary/aromatic N) is 1. The molecule has 2 aromatic rings. The van der Waals surface area contributed by atoms with Crippen molar-refractivity contribution in [3.63, 3.8) is 0 Å². The number of rotatable bonds is 3. The smallest absolute Gasteiger partial charge is 0.257 e. The molecule has 1 amide bonds. The van der Waals surface area contributed by atoms with Gasteiger partial charge in [-0.1, -0.05) is 15.9 Å². The van der Waals surface area contributed by atoms with E-state index in [-0.39, 0.29) is 5.91 Å². The number of amides is 1. The lowest BCUT2D eigenvalue weighted by molar-refractivity contribution is 0.102. The standard InChI is InChI=1S/C13H11Br2N3O/c1-16-12-5-2-8(7-17-12)13(19)18-11-6-9(14)3-4-10(11)15/h2-7H,1H3,(H,16,17)(H,18,19). The summed E-state index contributed by atoms with van der Waals surface area (Å²) in [5.41, 5.74) is 1.21. The average molecular weight is 385 g/mol. The summed E-state index contributed by atoms with van der Waals surface area (Å²) in [6.07, 6.45) is 1.53. The molecular weight excluding hydrogens is 374 g/mol. The van der Waals surface area contributed by atoms with E-state index in [0.29, 0.717) is 11.3 Å². The van der Waals surface area contributed by atoms with Gasteiger partial charge < -0.3 is 10.6 Å². The van der Waals surface area contributed by atoms with Crippen molar-refractivity contribution in [1.29, 1.82) is 0 Å². The quantitative estimate of drug-likeness (QED) is 0.843. The minimum absolute atomic E-state index is 0.200. The molecule has 2 rings (SSSR count). The van der Waals surface area contributed by atoms with Crippen LogP contribution >= 0.6 is 31.9 Å². The van der Waals surface area contributed by atoms with Crippen LogP contribution in [0, 0.1) is 0 Å². The molecule has 0 spiro atoms. The van der Waals surface area contributed by atoms with Crippen LogP contribution in [-0.4, -0.2) is 17.9 Å². The van der Waals surface area contributed by atoms with Crippen LogP contribution in [0.1, 0.15) is 10.4 Å². The van der Waals surface area contributed by atoms with Crippen LogP contribution in [0.5, 0.6) is 0 Å². The summed E-state index contributed by atoms with van der Waals surface area (Å²) in [6, 6.07) is 9.06. The van der Waals surface area contributed by atoms with Gasteiger partial charge in [0.05, 0.1) is 11.3 Å². The van der Waals surface area contributed by atoms with E-state index in [1.165, 1.54) is 6.20 Å². The van der Waals surface area contributed by atoms with Crippen molar-refractivity contribution in [2.75, 3.05) is 17.7 Å². The summed E-state index contributed by atoms with van der Waals surface area (Å²) in [5.74, 6) is 0.522. The Kier molecular flexibility index (Phi) is 4.55. The Morgan fingerprint density at radius 3 is 2.63 bits per heavy atom. The summed E-state index contributed by atoms with van der Waals surface area (Å²) in [4.78, 5) is 16.2. The van der Waals surface area contributed by atoms with E-state index in [9.17, 15) is 4.79 Å². The molecule has 0 aliphatic heterocycles. The third-order valence-electron chi connectivity index (χ3n) is 2.46. The highest BCUT2D eigenvalue weighted by molar-refractivity contribution is 9.11. The number of nitrogens with one attached hydrogen (secondary N) is 2. The van der Waals surface area contributed by atoms with Gasteiger partial charge in [-0.3, -0.25) is 4.79 Å². The largest absolute Gasteiger partial charge is 0.373 e. The lowest BCUT2D eigenvalue weighted by atomic mass is 10.2. The van der Waals surface area contributed by atoms with Crippen molar-refractivity contribution in [3.8, 4) is 0 Å². The molecule has 1 heterocycles. The molecule has 0 radical (unpaired) electrons. The van der Waals surface area contributed by atoms with Crippen LogP contribution in [0.15, 0.2) is 45.5 Å². The molecule has 0 atom stereocenters. The van der Waals surface area contributed by atoms with Crippen LogP contribution in [-0.2, 0) is 0 Å². The molecular formula is C13H11Br2N3O. The van der Waals surface area contributed by atoms with Gasteiger partial charge in [0.2, 0.25) is 0 Å². The highest BCUT2D eigenvalue weighted by Gasteiger charge is 2.09. The molecule has 0 bridgehead atoms. The number of pyridine rings is 1. The maximum Gasteiger partial charge on any atom is 0.257 e. The molecule has 4 nitrogen and oxygen atoms in total. The lowest BCUT2D eigenvalue weighted by Crippen LogP contribution is -2.12. The van der Waals surface area contributed by atoms with Crippen molar-refractivity contribution >= 4 is 49.3 Å². The van der Waals surface area contributed by atoms with Crippen molar-refractivity contribution in [3.05, 3.63) is 51.0 Å². The first-order chi connectivity index (χ1) is 9.10. The summed E-state index contributed by atoms with van der Waals surface area (Å²) in [7, 11) is 1.78. The van der Waals surface area contributed by atoms with Gasteiger partial charge in [0.1, 0.15) is 5.82 Å². The van der Waals surface area contributed by atoms with E-state index in [2.05, 4.69) is 47.5 Å². The number of anilines is 2. The number of aromatic nitrogens is 1. The van der Waals surface area contributed by atoms with Gasteiger partial charge in [-0.2, -0.15) is 0 Å². The van der Waals surface area contributed by atoms with Crippen molar-refractivity contribution in [1.82, 2.24) is 4.98 Å². The second-order valence-electron chi connectivity index (χ2n) is 3.76. The van der Waals surface area contributed by atoms with Gasteiger partial charge in [0.15, 0.2) is 0 Å². The number of benzene rings is 1. The van der Waals surface area contributed by atoms with Gasteiger partial charge in [0, 0.05) is 22.2 Å². The van der Waals surface area contributed by atoms with E-state index in [1.54, 1.807) is 19.2 Å². The third kappa shape index (κ3) is 3.54. The van der Waals surface area contributed by atoms with Crippen molar-refractivity contribution < 1.29 is 4.79 Å². The lowest BCUT2D eigenvalue weighted by Gasteiger charge is -2.08. The second kappa shape index (κ2) is 6.16. The Bertz CT molecular complexity index is 599. The second-order valence-corrected chi connectivity index (χ2v) is 5.53. The molecule has 1 aromatic heterocycles. The summed E-state index contributed by atoms with van der Waals surface area (Å²) < 4.78 is 1.72. The predicted molar refractivity (Wildman–Crippen MR) is 83.6 cm³/mol. The van der Waals surface area contributed by atoms with Gasteiger partial charge >= 0.3 is 0 Å². The molecule has 0 fully saturated rings. The SMILES string of the molecule is CNc1ccc(C(=O)Nc2cc(Br)ccc2Br)cn1. The van der Waals surface area contributed by atoms with Gasteiger partial charge in [0.25, 0.3) is 5.91 Å². The molecule has 0 aliphatic carbocycles. The highest BCUT2D eigenvalue weighted by atomic mass is 79.9. The van der Waals surface area contributed by atoms with Crippen LogP contribution < -0.4 is 10.6 Å². The molecule has 1 aromatic carbocycles. The normalized spacial score (nSPS) is 10.1. The van der Waals surface area contributed by atoms with Gasteiger partial charge in [-0.05, 0) is 46.3 Å². The highest BCUT2D eigenvalue weighted by Crippen LogP contribution is 2.26. The van der Waals surface area contributed by atoms with Gasteiger partial charge in [-0.15, -0.1) is 0 Å². The van der Waals surface area contributed by atoms with Gasteiger partial charge in [-0.25, -0.2) is 4.98 Å². The maximum atomic E-state index is 12.1. The van der Waals surface area contributed by atoms with Crippen LogP contribution in [0.2, 0.25) is 0 Å². The fraction of sp³-hybridized carbons (Fsp3) is 0.0769. The Hall–Kier alpha value is -1.40. The van der Waals surface area contributed by atoms with E-state index >= 15 is 0 Å². The topological polar surface area (TPSA) is 54.0 Å². The molecule has 2 N–H and O–H groups in total. The summed E-state index contributed by atoms with van der Waals surface area (Å²) in [5, 5.41) is 5.73. The van der Waals surface area contributed by atoms with Crippen LogP contribution in [0.25, 0.3) is 0 Å². The molecule has 6 heteroatoms. The first-order valence-electron chi connectivity index (χ1n) is 5.50. The first-order valence-corrected chi connectivity index (χ1v) is 7.09. The zero-order valence-electron chi connectivity index (χ0n) is 10.1. The predicted octanol–water partition coefficient (Wildman–Crippen LogP) is 3.90. The summed E-state index contributed by atoms with van der Waals surface area (Å²) in [6.45, 7) is 0. The monoisotopic (exact) mass is 383 g/mol. The summed E-state index contributed by atoms with van der Waals surface area (Å²) >= 11 is 6.76. The Morgan fingerprint density at radius 1 is 1.21 bits per heavy atom. The number of halogens is 2. The number of carbonyl (C=O) groups is 1. The van der Waals surface area contributed by atoms with Crippen molar-refractivity contribution in [2.24, 2.45) is 0 Å².